The smallest absolute Gasteiger partial charge is 0.261 e. The molecule has 0 fully saturated rings. The van der Waals surface area contributed by atoms with Crippen LogP contribution in [0.5, 0.6) is 0 Å². The van der Waals surface area contributed by atoms with Crippen molar-refractivity contribution in [2.45, 2.75) is 26.7 Å². The lowest BCUT2D eigenvalue weighted by atomic mass is 9.90. The minimum absolute atomic E-state index is 0.302. The van der Waals surface area contributed by atoms with E-state index in [2.05, 4.69) is 15.3 Å². The average molecular weight is 414 g/mol. The predicted octanol–water partition coefficient (Wildman–Crippen LogP) is 3.73. The quantitative estimate of drug-likeness (QED) is 0.657. The molecule has 0 spiro atoms. The van der Waals surface area contributed by atoms with Gasteiger partial charge in [-0.25, -0.2) is 4.98 Å². The first kappa shape index (κ1) is 20.4. The van der Waals surface area contributed by atoms with E-state index in [4.69, 9.17) is 0 Å². The van der Waals surface area contributed by atoms with Gasteiger partial charge in [0.15, 0.2) is 0 Å². The number of aryl methyl sites for hydroxylation is 2. The molecule has 1 atom stereocenters. The molecule has 0 unspecified atom stereocenters. The van der Waals surface area contributed by atoms with Crippen LogP contribution in [0.3, 0.4) is 0 Å². The lowest BCUT2D eigenvalue weighted by molar-refractivity contribution is -0.117. The number of hydrogen-bond donors (Lipinski definition) is 1. The number of amides is 3. The monoisotopic (exact) mass is 414 g/mol. The van der Waals surface area contributed by atoms with Gasteiger partial charge in [-0.2, -0.15) is 0 Å². The number of pyridine rings is 2. The Bertz CT molecular complexity index is 1220. The minimum atomic E-state index is -0.639. The van der Waals surface area contributed by atoms with Gasteiger partial charge in [0.05, 0.1) is 17.0 Å². The number of anilines is 1. The van der Waals surface area contributed by atoms with Gasteiger partial charge in [0.25, 0.3) is 11.8 Å². The maximum Gasteiger partial charge on any atom is 0.261 e. The first-order valence-electron chi connectivity index (χ1n) is 9.92. The van der Waals surface area contributed by atoms with E-state index < -0.39 is 5.92 Å². The van der Waals surface area contributed by atoms with E-state index in [1.165, 1.54) is 7.05 Å². The van der Waals surface area contributed by atoms with Crippen LogP contribution in [0.25, 0.3) is 11.1 Å². The molecule has 0 aliphatic carbocycles. The number of nitrogens with zero attached hydrogens (tertiary/aromatic N) is 3. The molecule has 0 bridgehead atoms. The maximum atomic E-state index is 12.9. The summed E-state index contributed by atoms with van der Waals surface area (Å²) in [5.74, 6) is -1.27. The lowest BCUT2D eigenvalue weighted by Gasteiger charge is -2.16. The van der Waals surface area contributed by atoms with Gasteiger partial charge in [-0.1, -0.05) is 6.07 Å². The molecule has 7 nitrogen and oxygen atoms in total. The highest BCUT2D eigenvalue weighted by atomic mass is 16.2. The highest BCUT2D eigenvalue weighted by Crippen LogP contribution is 2.32. The zero-order chi connectivity index (χ0) is 22.3. The molecule has 7 heteroatoms. The second kappa shape index (κ2) is 7.75. The highest BCUT2D eigenvalue weighted by molar-refractivity contribution is 6.22. The van der Waals surface area contributed by atoms with Gasteiger partial charge in [0, 0.05) is 36.8 Å². The highest BCUT2D eigenvalue weighted by Gasteiger charge is 2.37. The third-order valence-corrected chi connectivity index (χ3v) is 5.45. The van der Waals surface area contributed by atoms with E-state index in [9.17, 15) is 14.4 Å². The van der Waals surface area contributed by atoms with Crippen molar-refractivity contribution in [3.8, 4) is 11.1 Å². The summed E-state index contributed by atoms with van der Waals surface area (Å²) in [4.78, 5) is 47.5. The van der Waals surface area contributed by atoms with Crippen molar-refractivity contribution in [1.82, 2.24) is 14.9 Å². The van der Waals surface area contributed by atoms with Crippen LogP contribution >= 0.6 is 0 Å². The number of rotatable bonds is 4. The molecule has 3 aromatic rings. The second-order valence-corrected chi connectivity index (χ2v) is 7.84. The van der Waals surface area contributed by atoms with Gasteiger partial charge in [0.1, 0.15) is 5.82 Å². The largest absolute Gasteiger partial charge is 0.310 e. The van der Waals surface area contributed by atoms with Crippen molar-refractivity contribution in [3.05, 3.63) is 76.7 Å². The molecule has 31 heavy (non-hydrogen) atoms. The topological polar surface area (TPSA) is 92.3 Å². The molecule has 3 amide bonds. The summed E-state index contributed by atoms with van der Waals surface area (Å²) in [5, 5.41) is 2.80. The van der Waals surface area contributed by atoms with Crippen LogP contribution in [0, 0.1) is 13.8 Å². The zero-order valence-corrected chi connectivity index (χ0v) is 17.8. The van der Waals surface area contributed by atoms with Crippen molar-refractivity contribution in [1.29, 1.82) is 0 Å². The molecule has 2 aromatic heterocycles. The minimum Gasteiger partial charge on any atom is -0.310 e. The Morgan fingerprint density at radius 3 is 2.42 bits per heavy atom. The molecule has 1 aliphatic heterocycles. The van der Waals surface area contributed by atoms with Crippen LogP contribution < -0.4 is 5.32 Å². The molecule has 3 heterocycles. The Labute approximate surface area is 180 Å². The van der Waals surface area contributed by atoms with Crippen LogP contribution in [0.15, 0.2) is 48.9 Å². The number of hydrogen-bond acceptors (Lipinski definition) is 5. The SMILES string of the molecule is Cc1cncc(-c2ccc(NC(=O)[C@H](C)c3cc(C)cc4c3C(=O)N(C)C4=O)nc2)c1. The summed E-state index contributed by atoms with van der Waals surface area (Å²) in [5.41, 5.74) is 4.89. The fourth-order valence-corrected chi connectivity index (χ4v) is 3.73. The van der Waals surface area contributed by atoms with Crippen LogP contribution in [0.1, 0.15) is 50.2 Å². The first-order valence-corrected chi connectivity index (χ1v) is 9.92. The maximum absolute atomic E-state index is 12.9. The second-order valence-electron chi connectivity index (χ2n) is 7.84. The van der Waals surface area contributed by atoms with E-state index in [0.29, 0.717) is 22.5 Å². The Hall–Kier alpha value is -3.87. The Morgan fingerprint density at radius 1 is 0.968 bits per heavy atom. The van der Waals surface area contributed by atoms with Gasteiger partial charge in [-0.05, 0) is 61.7 Å². The van der Waals surface area contributed by atoms with E-state index >= 15 is 0 Å². The van der Waals surface area contributed by atoms with Gasteiger partial charge in [-0.15, -0.1) is 0 Å². The normalized spacial score (nSPS) is 13.9. The van der Waals surface area contributed by atoms with Crippen molar-refractivity contribution in [2.75, 3.05) is 12.4 Å². The molecule has 4 rings (SSSR count). The third kappa shape index (κ3) is 3.70. The molecular weight excluding hydrogens is 392 g/mol. The predicted molar refractivity (Wildman–Crippen MR) is 117 cm³/mol. The lowest BCUT2D eigenvalue weighted by Crippen LogP contribution is -2.25. The summed E-state index contributed by atoms with van der Waals surface area (Å²) in [7, 11) is 1.45. The molecule has 0 radical (unpaired) electrons. The van der Waals surface area contributed by atoms with E-state index in [0.717, 1.165) is 27.2 Å². The molecular formula is C24H22N4O3. The van der Waals surface area contributed by atoms with Crippen molar-refractivity contribution in [3.63, 3.8) is 0 Å². The van der Waals surface area contributed by atoms with E-state index in [1.807, 2.05) is 26.0 Å². The summed E-state index contributed by atoms with van der Waals surface area (Å²) in [6, 6.07) is 9.08. The number of imide groups is 1. The number of carbonyl (C=O) groups is 3. The van der Waals surface area contributed by atoms with Crippen LogP contribution in [-0.2, 0) is 4.79 Å². The summed E-state index contributed by atoms with van der Waals surface area (Å²) in [6.45, 7) is 5.52. The number of carbonyl (C=O) groups excluding carboxylic acids is 3. The molecule has 1 N–H and O–H groups in total. The van der Waals surface area contributed by atoms with Crippen LogP contribution in [-0.4, -0.2) is 39.6 Å². The van der Waals surface area contributed by atoms with E-state index in [-0.39, 0.29) is 17.7 Å². The Balaban J connectivity index is 1.57. The summed E-state index contributed by atoms with van der Waals surface area (Å²) < 4.78 is 0. The fourth-order valence-electron chi connectivity index (χ4n) is 3.73. The van der Waals surface area contributed by atoms with Crippen LogP contribution in [0.2, 0.25) is 0 Å². The number of nitrogens with one attached hydrogen (secondary N) is 1. The average Bonchev–Trinajstić information content (AvgIpc) is 2.97. The summed E-state index contributed by atoms with van der Waals surface area (Å²) >= 11 is 0. The molecule has 1 aliphatic rings. The molecule has 156 valence electrons. The molecule has 1 aromatic carbocycles. The third-order valence-electron chi connectivity index (χ3n) is 5.45. The van der Waals surface area contributed by atoms with Crippen molar-refractivity contribution < 1.29 is 14.4 Å². The summed E-state index contributed by atoms with van der Waals surface area (Å²) in [6.07, 6.45) is 5.22. The van der Waals surface area contributed by atoms with Gasteiger partial charge < -0.3 is 5.32 Å². The first-order chi connectivity index (χ1) is 14.8. The Morgan fingerprint density at radius 2 is 1.74 bits per heavy atom. The molecule has 0 saturated carbocycles. The van der Waals surface area contributed by atoms with Gasteiger partial charge in [0.2, 0.25) is 5.91 Å². The zero-order valence-electron chi connectivity index (χ0n) is 17.8. The standard InChI is InChI=1S/C24H22N4O3/c1-13-8-18(21-19(9-13)23(30)28(4)24(21)31)15(3)22(29)27-20-6-5-16(12-26-20)17-7-14(2)10-25-11-17/h5-12,15H,1-4H3,(H,26,27,29)/t15-/m1/s1. The molecule has 0 saturated heterocycles. The van der Waals surface area contributed by atoms with Crippen molar-refractivity contribution >= 4 is 23.5 Å². The number of fused-ring (bicyclic) bond motifs is 1. The van der Waals surface area contributed by atoms with Gasteiger partial charge in [-0.3, -0.25) is 24.3 Å². The number of aromatic nitrogens is 2. The van der Waals surface area contributed by atoms with Crippen molar-refractivity contribution in [2.24, 2.45) is 0 Å². The Kier molecular flexibility index (Phi) is 5.10. The number of benzene rings is 1. The fraction of sp³-hybridized carbons (Fsp3) is 0.208. The van der Waals surface area contributed by atoms with Crippen LogP contribution in [0.4, 0.5) is 5.82 Å². The van der Waals surface area contributed by atoms with E-state index in [1.54, 1.807) is 43.7 Å². The van der Waals surface area contributed by atoms with Gasteiger partial charge >= 0.3 is 0 Å².